The number of likely N-dealkylation sites (tertiary alicyclic amines) is 1. The van der Waals surface area contributed by atoms with E-state index in [1.165, 1.54) is 11.8 Å². The molecule has 0 unspecified atom stereocenters. The first kappa shape index (κ1) is 23.0. The van der Waals surface area contributed by atoms with E-state index < -0.39 is 0 Å². The van der Waals surface area contributed by atoms with E-state index in [9.17, 15) is 9.59 Å². The summed E-state index contributed by atoms with van der Waals surface area (Å²) >= 11 is 13.6. The number of rotatable bonds is 7. The Kier molecular flexibility index (Phi) is 7.72. The van der Waals surface area contributed by atoms with E-state index in [1.807, 2.05) is 49.1 Å². The lowest BCUT2D eigenvalue weighted by atomic mass is 9.84. The fraction of sp³-hybridized carbons (Fsp3) is 0.391. The summed E-state index contributed by atoms with van der Waals surface area (Å²) in [4.78, 5) is 28.0. The van der Waals surface area contributed by atoms with Crippen LogP contribution < -0.4 is 5.32 Å². The van der Waals surface area contributed by atoms with Gasteiger partial charge >= 0.3 is 0 Å². The zero-order valence-electron chi connectivity index (χ0n) is 17.2. The summed E-state index contributed by atoms with van der Waals surface area (Å²) in [6, 6.07) is 12.9. The van der Waals surface area contributed by atoms with E-state index in [-0.39, 0.29) is 17.2 Å². The van der Waals surface area contributed by atoms with Crippen LogP contribution in [0.25, 0.3) is 0 Å². The van der Waals surface area contributed by atoms with Gasteiger partial charge in [0, 0.05) is 29.9 Å². The van der Waals surface area contributed by atoms with E-state index in [4.69, 9.17) is 23.2 Å². The van der Waals surface area contributed by atoms with E-state index in [1.54, 1.807) is 12.1 Å². The van der Waals surface area contributed by atoms with Crippen molar-refractivity contribution in [3.63, 3.8) is 0 Å². The van der Waals surface area contributed by atoms with Crippen LogP contribution in [0.2, 0.25) is 10.0 Å². The number of benzene rings is 2. The van der Waals surface area contributed by atoms with Crippen LogP contribution in [0.1, 0.15) is 42.6 Å². The van der Waals surface area contributed by atoms with E-state index >= 15 is 0 Å². The maximum absolute atomic E-state index is 12.9. The van der Waals surface area contributed by atoms with Gasteiger partial charge in [-0.3, -0.25) is 9.59 Å². The third-order valence-electron chi connectivity index (χ3n) is 5.33. The van der Waals surface area contributed by atoms with E-state index in [0.29, 0.717) is 27.9 Å². The summed E-state index contributed by atoms with van der Waals surface area (Å²) in [5.74, 6) is 0.326. The topological polar surface area (TPSA) is 49.4 Å². The van der Waals surface area contributed by atoms with E-state index in [0.717, 1.165) is 36.4 Å². The quantitative estimate of drug-likeness (QED) is 0.556. The summed E-state index contributed by atoms with van der Waals surface area (Å²) in [5.41, 5.74) is 1.26. The second-order valence-electron chi connectivity index (χ2n) is 8.07. The highest BCUT2D eigenvalue weighted by molar-refractivity contribution is 8.00. The number of thioether (sulfide) groups is 1. The summed E-state index contributed by atoms with van der Waals surface area (Å²) in [6.45, 7) is 6.20. The van der Waals surface area contributed by atoms with Crippen molar-refractivity contribution < 1.29 is 9.59 Å². The van der Waals surface area contributed by atoms with Crippen molar-refractivity contribution in [2.75, 3.05) is 25.4 Å². The van der Waals surface area contributed by atoms with Crippen molar-refractivity contribution in [2.45, 2.75) is 37.0 Å². The first-order valence-corrected chi connectivity index (χ1v) is 11.8. The molecule has 1 aliphatic rings. The van der Waals surface area contributed by atoms with Gasteiger partial charge in [-0.15, -0.1) is 11.8 Å². The third kappa shape index (κ3) is 5.71. The number of carbonyl (C=O) groups is 2. The van der Waals surface area contributed by atoms with Gasteiger partial charge in [0.2, 0.25) is 5.91 Å². The molecular formula is C23H26Cl2N2O2S. The van der Waals surface area contributed by atoms with Crippen molar-refractivity contribution in [1.29, 1.82) is 0 Å². The molecule has 3 rings (SSSR count). The van der Waals surface area contributed by atoms with Crippen LogP contribution >= 0.6 is 35.0 Å². The highest BCUT2D eigenvalue weighted by Gasteiger charge is 2.24. The van der Waals surface area contributed by atoms with Gasteiger partial charge in [-0.1, -0.05) is 55.2 Å². The van der Waals surface area contributed by atoms with Crippen molar-refractivity contribution in [2.24, 2.45) is 0 Å². The Balaban J connectivity index is 1.63. The molecule has 7 heteroatoms. The molecular weight excluding hydrogens is 439 g/mol. The highest BCUT2D eigenvalue weighted by Crippen LogP contribution is 2.30. The van der Waals surface area contributed by atoms with Crippen molar-refractivity contribution in [3.8, 4) is 0 Å². The van der Waals surface area contributed by atoms with Gasteiger partial charge in [-0.25, -0.2) is 0 Å². The van der Waals surface area contributed by atoms with Gasteiger partial charge in [0.1, 0.15) is 0 Å². The second kappa shape index (κ2) is 10.1. The fourth-order valence-electron chi connectivity index (χ4n) is 3.39. The third-order valence-corrected chi connectivity index (χ3v) is 7.13. The molecule has 0 saturated carbocycles. The molecule has 0 radical (unpaired) electrons. The maximum Gasteiger partial charge on any atom is 0.252 e. The molecule has 2 aromatic carbocycles. The van der Waals surface area contributed by atoms with Gasteiger partial charge < -0.3 is 10.2 Å². The standard InChI is InChI=1S/C23H26Cl2N2O2S/c1-23(2,16-9-10-18(24)19(25)13-16)15-26-22(29)17-7-3-4-8-20(17)30-14-21(28)27-11-5-6-12-27/h3-4,7-10,13H,5-6,11-12,14-15H2,1-2H3,(H,26,29). The van der Waals surface area contributed by atoms with Crippen LogP contribution in [0.4, 0.5) is 0 Å². The Labute approximate surface area is 192 Å². The molecule has 0 aliphatic carbocycles. The van der Waals surface area contributed by atoms with Gasteiger partial charge in [-0.05, 0) is 42.7 Å². The fourth-order valence-corrected chi connectivity index (χ4v) is 4.64. The molecule has 0 aromatic heterocycles. The van der Waals surface area contributed by atoms with Gasteiger partial charge in [0.05, 0.1) is 21.4 Å². The molecule has 4 nitrogen and oxygen atoms in total. The minimum atomic E-state index is -0.322. The highest BCUT2D eigenvalue weighted by atomic mass is 35.5. The number of halogens is 2. The molecule has 1 heterocycles. The van der Waals surface area contributed by atoms with Gasteiger partial charge in [0.15, 0.2) is 0 Å². The maximum atomic E-state index is 12.9. The van der Waals surface area contributed by atoms with Gasteiger partial charge in [0.25, 0.3) is 5.91 Å². The van der Waals surface area contributed by atoms with Crippen LogP contribution in [0.5, 0.6) is 0 Å². The van der Waals surface area contributed by atoms with Crippen LogP contribution in [-0.2, 0) is 10.2 Å². The molecule has 0 atom stereocenters. The normalized spacial score (nSPS) is 14.1. The average molecular weight is 465 g/mol. The summed E-state index contributed by atoms with van der Waals surface area (Å²) in [6.07, 6.45) is 2.15. The summed E-state index contributed by atoms with van der Waals surface area (Å²) in [5, 5.41) is 4.04. The number of carbonyl (C=O) groups excluding carboxylic acids is 2. The lowest BCUT2D eigenvalue weighted by Gasteiger charge is -2.26. The Bertz CT molecular complexity index is 927. The van der Waals surface area contributed by atoms with Crippen LogP contribution in [0.3, 0.4) is 0 Å². The Morgan fingerprint density at radius 1 is 1.07 bits per heavy atom. The van der Waals surface area contributed by atoms with Gasteiger partial charge in [-0.2, -0.15) is 0 Å². The van der Waals surface area contributed by atoms with Crippen molar-refractivity contribution >= 4 is 46.8 Å². The lowest BCUT2D eigenvalue weighted by Crippen LogP contribution is -2.37. The average Bonchev–Trinajstić information content (AvgIpc) is 3.27. The number of nitrogens with zero attached hydrogens (tertiary/aromatic N) is 1. The lowest BCUT2D eigenvalue weighted by molar-refractivity contribution is -0.127. The number of nitrogens with one attached hydrogen (secondary N) is 1. The largest absolute Gasteiger partial charge is 0.351 e. The number of hydrogen-bond donors (Lipinski definition) is 1. The Hall–Kier alpha value is -1.69. The number of hydrogen-bond acceptors (Lipinski definition) is 3. The zero-order valence-corrected chi connectivity index (χ0v) is 19.5. The molecule has 1 saturated heterocycles. The van der Waals surface area contributed by atoms with Crippen molar-refractivity contribution in [1.82, 2.24) is 10.2 Å². The second-order valence-corrected chi connectivity index (χ2v) is 9.90. The molecule has 2 amide bonds. The molecule has 1 fully saturated rings. The molecule has 1 N–H and O–H groups in total. The molecule has 2 aromatic rings. The predicted octanol–water partition coefficient (Wildman–Crippen LogP) is 5.42. The molecule has 0 bridgehead atoms. The SMILES string of the molecule is CC(C)(CNC(=O)c1ccccc1SCC(=O)N1CCCC1)c1ccc(Cl)c(Cl)c1. The first-order chi connectivity index (χ1) is 14.3. The zero-order chi connectivity index (χ0) is 21.7. The Morgan fingerprint density at radius 3 is 2.47 bits per heavy atom. The smallest absolute Gasteiger partial charge is 0.252 e. The van der Waals surface area contributed by atoms with Crippen LogP contribution in [0.15, 0.2) is 47.4 Å². The molecule has 1 aliphatic heterocycles. The molecule has 30 heavy (non-hydrogen) atoms. The summed E-state index contributed by atoms with van der Waals surface area (Å²) in [7, 11) is 0. The summed E-state index contributed by atoms with van der Waals surface area (Å²) < 4.78 is 0. The monoisotopic (exact) mass is 464 g/mol. The minimum absolute atomic E-state index is 0.133. The number of amides is 2. The van der Waals surface area contributed by atoms with E-state index in [2.05, 4.69) is 5.32 Å². The van der Waals surface area contributed by atoms with Crippen LogP contribution in [0, 0.1) is 0 Å². The minimum Gasteiger partial charge on any atom is -0.351 e. The molecule has 160 valence electrons. The Morgan fingerprint density at radius 2 is 1.77 bits per heavy atom. The van der Waals surface area contributed by atoms with Crippen LogP contribution in [-0.4, -0.2) is 42.1 Å². The van der Waals surface area contributed by atoms with Crippen molar-refractivity contribution in [3.05, 3.63) is 63.6 Å². The first-order valence-electron chi connectivity index (χ1n) is 10.0. The predicted molar refractivity (Wildman–Crippen MR) is 125 cm³/mol. The molecule has 0 spiro atoms.